The summed E-state index contributed by atoms with van der Waals surface area (Å²) in [6, 6.07) is 14.7. The lowest BCUT2D eigenvalue weighted by Crippen LogP contribution is -2.66. The smallest absolute Gasteiger partial charge is 0.262 e. The van der Waals surface area contributed by atoms with E-state index >= 15 is 0 Å². The summed E-state index contributed by atoms with van der Waals surface area (Å²) in [5, 5.41) is 13.2. The van der Waals surface area contributed by atoms with Gasteiger partial charge in [-0.3, -0.25) is 9.59 Å². The standard InChI is InChI=1S/C30H30Cl2FN3O4/c1-29(2,39)13-34-27(37)19-7-9-21(31)20(11-19)18-8-10-24(25(12-18)36-14-30(15-36)16-40-17-30)35(3)28(38)26-22(32)5-4-6-23(26)33/h4-12,39H,13-17H2,1-3H3,(H,34,37). The summed E-state index contributed by atoms with van der Waals surface area (Å²) < 4.78 is 20.0. The van der Waals surface area contributed by atoms with Crippen LogP contribution >= 0.6 is 23.2 Å². The van der Waals surface area contributed by atoms with Gasteiger partial charge in [0.15, 0.2) is 0 Å². The van der Waals surface area contributed by atoms with Crippen molar-refractivity contribution in [2.24, 2.45) is 5.41 Å². The number of nitrogens with one attached hydrogen (secondary N) is 1. The van der Waals surface area contributed by atoms with Crippen LogP contribution in [-0.2, 0) is 4.74 Å². The van der Waals surface area contributed by atoms with E-state index in [0.717, 1.165) is 24.3 Å². The largest absolute Gasteiger partial charge is 0.389 e. The number of aliphatic hydroxyl groups is 1. The van der Waals surface area contributed by atoms with Crippen LogP contribution in [0.1, 0.15) is 34.6 Å². The number of anilines is 2. The van der Waals surface area contributed by atoms with Gasteiger partial charge in [-0.2, -0.15) is 0 Å². The fourth-order valence-electron chi connectivity index (χ4n) is 5.00. The van der Waals surface area contributed by atoms with Crippen LogP contribution in [-0.4, -0.2) is 62.4 Å². The van der Waals surface area contributed by atoms with E-state index in [4.69, 9.17) is 27.9 Å². The van der Waals surface area contributed by atoms with Crippen LogP contribution in [0.3, 0.4) is 0 Å². The molecule has 2 saturated heterocycles. The normalized spacial score (nSPS) is 15.8. The highest BCUT2D eigenvalue weighted by Gasteiger charge is 2.49. The first-order chi connectivity index (χ1) is 18.9. The zero-order valence-electron chi connectivity index (χ0n) is 22.4. The van der Waals surface area contributed by atoms with Crippen molar-refractivity contribution in [1.82, 2.24) is 5.32 Å². The molecule has 5 rings (SSSR count). The SMILES string of the molecule is CN(C(=O)c1c(F)cccc1Cl)c1ccc(-c2cc(C(=O)NCC(C)(C)O)ccc2Cl)cc1N1CC2(COC2)C1. The Bertz CT molecular complexity index is 1460. The maximum Gasteiger partial charge on any atom is 0.262 e. The fraction of sp³-hybridized carbons (Fsp3) is 0.333. The molecule has 0 radical (unpaired) electrons. The molecule has 0 aromatic heterocycles. The Labute approximate surface area is 242 Å². The van der Waals surface area contributed by atoms with E-state index < -0.39 is 17.3 Å². The highest BCUT2D eigenvalue weighted by Crippen LogP contribution is 2.45. The van der Waals surface area contributed by atoms with E-state index in [9.17, 15) is 19.1 Å². The maximum absolute atomic E-state index is 14.6. The molecule has 0 saturated carbocycles. The van der Waals surface area contributed by atoms with E-state index in [2.05, 4.69) is 10.2 Å². The number of halogens is 3. The van der Waals surface area contributed by atoms with Gasteiger partial charge in [0.2, 0.25) is 0 Å². The molecule has 40 heavy (non-hydrogen) atoms. The van der Waals surface area contributed by atoms with Gasteiger partial charge in [-0.15, -0.1) is 0 Å². The Balaban J connectivity index is 1.51. The van der Waals surface area contributed by atoms with Crippen molar-refractivity contribution >= 4 is 46.4 Å². The van der Waals surface area contributed by atoms with Gasteiger partial charge in [-0.05, 0) is 61.9 Å². The van der Waals surface area contributed by atoms with Crippen molar-refractivity contribution in [2.45, 2.75) is 19.4 Å². The number of rotatable bonds is 7. The van der Waals surface area contributed by atoms with Gasteiger partial charge in [0.1, 0.15) is 5.82 Å². The Morgan fingerprint density at radius 3 is 2.45 bits per heavy atom. The lowest BCUT2D eigenvalue weighted by molar-refractivity contribution is -0.127. The van der Waals surface area contributed by atoms with Gasteiger partial charge in [0.25, 0.3) is 11.8 Å². The number of carbonyl (C=O) groups excluding carboxylic acids is 2. The molecule has 7 nitrogen and oxygen atoms in total. The van der Waals surface area contributed by atoms with Crippen molar-refractivity contribution in [3.8, 4) is 11.1 Å². The van der Waals surface area contributed by atoms with Gasteiger partial charge in [0, 0.05) is 42.8 Å². The average molecular weight is 586 g/mol. The lowest BCUT2D eigenvalue weighted by Gasteiger charge is -2.56. The van der Waals surface area contributed by atoms with Crippen molar-refractivity contribution in [3.63, 3.8) is 0 Å². The number of ether oxygens (including phenoxy) is 1. The molecular formula is C30H30Cl2FN3O4. The van der Waals surface area contributed by atoms with E-state index in [-0.39, 0.29) is 28.5 Å². The molecule has 2 aliphatic heterocycles. The summed E-state index contributed by atoms with van der Waals surface area (Å²) >= 11 is 12.8. The van der Waals surface area contributed by atoms with E-state index in [1.54, 1.807) is 45.2 Å². The minimum atomic E-state index is -1.05. The van der Waals surface area contributed by atoms with Crippen LogP contribution < -0.4 is 15.1 Å². The first-order valence-corrected chi connectivity index (χ1v) is 13.6. The second-order valence-corrected chi connectivity index (χ2v) is 12.0. The summed E-state index contributed by atoms with van der Waals surface area (Å²) in [6.07, 6.45) is 0. The number of hydrogen-bond acceptors (Lipinski definition) is 5. The lowest BCUT2D eigenvalue weighted by atomic mass is 9.77. The Hall–Kier alpha value is -3.17. The molecule has 3 aromatic carbocycles. The Morgan fingerprint density at radius 1 is 1.10 bits per heavy atom. The van der Waals surface area contributed by atoms with Crippen molar-refractivity contribution in [3.05, 3.63) is 81.6 Å². The van der Waals surface area contributed by atoms with Gasteiger partial charge in [-0.25, -0.2) is 4.39 Å². The average Bonchev–Trinajstić information content (AvgIpc) is 2.85. The van der Waals surface area contributed by atoms with Crippen LogP contribution in [0.2, 0.25) is 10.0 Å². The van der Waals surface area contributed by atoms with Crippen LogP contribution in [0.5, 0.6) is 0 Å². The number of carbonyl (C=O) groups is 2. The van der Waals surface area contributed by atoms with Crippen LogP contribution in [0.25, 0.3) is 11.1 Å². The third-order valence-corrected chi connectivity index (χ3v) is 7.89. The van der Waals surface area contributed by atoms with E-state index in [0.29, 0.717) is 35.1 Å². The molecule has 2 aliphatic rings. The molecule has 3 aromatic rings. The quantitative estimate of drug-likeness (QED) is 0.387. The predicted molar refractivity (Wildman–Crippen MR) is 155 cm³/mol. The minimum absolute atomic E-state index is 0.0380. The summed E-state index contributed by atoms with van der Waals surface area (Å²) in [5.74, 6) is -1.59. The molecule has 2 fully saturated rings. The molecule has 2 N–H and O–H groups in total. The van der Waals surface area contributed by atoms with E-state index in [1.165, 1.54) is 23.1 Å². The molecule has 0 bridgehead atoms. The van der Waals surface area contributed by atoms with E-state index in [1.807, 2.05) is 12.1 Å². The molecule has 0 aliphatic carbocycles. The highest BCUT2D eigenvalue weighted by atomic mass is 35.5. The molecule has 210 valence electrons. The highest BCUT2D eigenvalue weighted by molar-refractivity contribution is 6.35. The number of hydrogen-bond donors (Lipinski definition) is 2. The monoisotopic (exact) mass is 585 g/mol. The van der Waals surface area contributed by atoms with Gasteiger partial charge in [0.05, 0.1) is 46.2 Å². The number of benzene rings is 3. The molecule has 2 heterocycles. The molecule has 2 amide bonds. The van der Waals surface area contributed by atoms with Gasteiger partial charge >= 0.3 is 0 Å². The zero-order valence-corrected chi connectivity index (χ0v) is 23.9. The number of nitrogens with zero attached hydrogens (tertiary/aromatic N) is 2. The third-order valence-electron chi connectivity index (χ3n) is 7.25. The van der Waals surface area contributed by atoms with Crippen molar-refractivity contribution in [1.29, 1.82) is 0 Å². The molecule has 10 heteroatoms. The van der Waals surface area contributed by atoms with Crippen molar-refractivity contribution < 1.29 is 23.8 Å². The maximum atomic E-state index is 14.6. The van der Waals surface area contributed by atoms with Crippen LogP contribution in [0.15, 0.2) is 54.6 Å². The summed E-state index contributed by atoms with van der Waals surface area (Å²) in [7, 11) is 1.59. The Morgan fingerprint density at radius 2 is 1.82 bits per heavy atom. The van der Waals surface area contributed by atoms with Crippen LogP contribution in [0.4, 0.5) is 15.8 Å². The Kier molecular flexibility index (Phi) is 7.56. The molecule has 0 atom stereocenters. The molecule has 0 unspecified atom stereocenters. The third kappa shape index (κ3) is 5.54. The summed E-state index contributed by atoms with van der Waals surface area (Å²) in [6.45, 7) is 6.19. The first-order valence-electron chi connectivity index (χ1n) is 12.9. The number of amides is 2. The van der Waals surface area contributed by atoms with Crippen LogP contribution in [0, 0.1) is 11.2 Å². The zero-order chi connectivity index (χ0) is 28.8. The van der Waals surface area contributed by atoms with Gasteiger partial charge < -0.3 is 25.0 Å². The van der Waals surface area contributed by atoms with Crippen molar-refractivity contribution in [2.75, 3.05) is 49.7 Å². The first kappa shape index (κ1) is 28.4. The molecule has 1 spiro atoms. The van der Waals surface area contributed by atoms with Gasteiger partial charge in [-0.1, -0.05) is 35.3 Å². The topological polar surface area (TPSA) is 82.1 Å². The summed E-state index contributed by atoms with van der Waals surface area (Å²) in [5.41, 5.74) is 1.99. The summed E-state index contributed by atoms with van der Waals surface area (Å²) in [4.78, 5) is 29.7. The fourth-order valence-corrected chi connectivity index (χ4v) is 5.47. The molecular weight excluding hydrogens is 556 g/mol. The minimum Gasteiger partial charge on any atom is -0.389 e. The predicted octanol–water partition coefficient (Wildman–Crippen LogP) is 5.41. The second kappa shape index (κ2) is 10.7. The second-order valence-electron chi connectivity index (χ2n) is 11.2.